The van der Waals surface area contributed by atoms with E-state index in [1.165, 1.54) is 16.9 Å². The van der Waals surface area contributed by atoms with Gasteiger partial charge >= 0.3 is 5.97 Å². The van der Waals surface area contributed by atoms with E-state index >= 15 is 0 Å². The summed E-state index contributed by atoms with van der Waals surface area (Å²) in [5, 5.41) is 12.5. The Kier molecular flexibility index (Phi) is 6.13. The first-order chi connectivity index (χ1) is 13.7. The maximum atomic E-state index is 12.5. The summed E-state index contributed by atoms with van der Waals surface area (Å²) in [6.45, 7) is 6.42. The van der Waals surface area contributed by atoms with Crippen molar-refractivity contribution in [3.8, 4) is 10.4 Å². The number of benzene rings is 2. The molecule has 3 aromatic rings. The van der Waals surface area contributed by atoms with Crippen molar-refractivity contribution in [2.24, 2.45) is 0 Å². The molecule has 1 aromatic heterocycles. The number of carboxylic acids is 1. The molecule has 0 aliphatic rings. The average molecular weight is 409 g/mol. The fraction of sp³-hybridized carbons (Fsp3) is 0.261. The lowest BCUT2D eigenvalue weighted by molar-refractivity contribution is -0.136. The number of carbonyl (C=O) groups excluding carboxylic acids is 1. The molecule has 0 spiro atoms. The molecular weight excluding hydrogens is 384 g/mol. The normalized spacial score (nSPS) is 11.3. The van der Waals surface area contributed by atoms with Crippen LogP contribution in [0.5, 0.6) is 0 Å². The number of carbonyl (C=O) groups is 2. The fourth-order valence-corrected chi connectivity index (χ4v) is 3.74. The second kappa shape index (κ2) is 8.57. The van der Waals surface area contributed by atoms with Gasteiger partial charge < -0.3 is 10.4 Å². The van der Waals surface area contributed by atoms with Gasteiger partial charge in [-0.05, 0) is 40.8 Å². The Morgan fingerprint density at radius 2 is 1.69 bits per heavy atom. The van der Waals surface area contributed by atoms with Crippen LogP contribution in [0.1, 0.15) is 48.1 Å². The van der Waals surface area contributed by atoms with E-state index in [-0.39, 0.29) is 17.7 Å². The highest BCUT2D eigenvalue weighted by atomic mass is 32.1. The topological polar surface area (TPSA) is 79.3 Å². The first-order valence-electron chi connectivity index (χ1n) is 9.41. The van der Waals surface area contributed by atoms with Crippen molar-refractivity contribution >= 4 is 28.9 Å². The zero-order chi connectivity index (χ0) is 21.0. The van der Waals surface area contributed by atoms with Gasteiger partial charge in [0.05, 0.1) is 16.3 Å². The van der Waals surface area contributed by atoms with Gasteiger partial charge in [-0.25, -0.2) is 4.98 Å². The SMILES string of the molecule is CC(C)(C)c1ccc(C(=O)Nc2ccc(-c3cnc(CCC(=O)O)s3)cc2)cc1. The summed E-state index contributed by atoms with van der Waals surface area (Å²) in [4.78, 5) is 28.4. The Balaban J connectivity index is 1.64. The predicted octanol–water partition coefficient (Wildman–Crippen LogP) is 5.38. The van der Waals surface area contributed by atoms with Gasteiger partial charge in [-0.3, -0.25) is 9.59 Å². The maximum Gasteiger partial charge on any atom is 0.303 e. The molecule has 2 N–H and O–H groups in total. The van der Waals surface area contributed by atoms with Crippen LogP contribution in [0.4, 0.5) is 5.69 Å². The zero-order valence-corrected chi connectivity index (χ0v) is 17.5. The Labute approximate surface area is 174 Å². The van der Waals surface area contributed by atoms with Crippen LogP contribution in [0.3, 0.4) is 0 Å². The number of hydrogen-bond acceptors (Lipinski definition) is 4. The second-order valence-corrected chi connectivity index (χ2v) is 8.99. The molecule has 0 saturated heterocycles. The van der Waals surface area contributed by atoms with Crippen LogP contribution in [-0.4, -0.2) is 22.0 Å². The van der Waals surface area contributed by atoms with Gasteiger partial charge in [-0.2, -0.15) is 0 Å². The Hall–Kier alpha value is -2.99. The highest BCUT2D eigenvalue weighted by molar-refractivity contribution is 7.15. The molecule has 2 aromatic carbocycles. The highest BCUT2D eigenvalue weighted by Crippen LogP contribution is 2.28. The van der Waals surface area contributed by atoms with Crippen molar-refractivity contribution in [2.75, 3.05) is 5.32 Å². The first-order valence-corrected chi connectivity index (χ1v) is 10.2. The minimum atomic E-state index is -0.824. The predicted molar refractivity (Wildman–Crippen MR) is 117 cm³/mol. The van der Waals surface area contributed by atoms with Crippen LogP contribution in [0.25, 0.3) is 10.4 Å². The Morgan fingerprint density at radius 1 is 1.03 bits per heavy atom. The number of rotatable bonds is 6. The summed E-state index contributed by atoms with van der Waals surface area (Å²) >= 11 is 1.49. The highest BCUT2D eigenvalue weighted by Gasteiger charge is 2.14. The van der Waals surface area contributed by atoms with Crippen molar-refractivity contribution in [1.82, 2.24) is 4.98 Å². The lowest BCUT2D eigenvalue weighted by Gasteiger charge is -2.19. The average Bonchev–Trinajstić information content (AvgIpc) is 3.15. The van der Waals surface area contributed by atoms with Crippen molar-refractivity contribution in [3.05, 3.63) is 70.9 Å². The van der Waals surface area contributed by atoms with Crippen LogP contribution in [0.15, 0.2) is 54.7 Å². The molecule has 0 aliphatic heterocycles. The summed E-state index contributed by atoms with van der Waals surface area (Å²) < 4.78 is 0. The first kappa shape index (κ1) is 20.7. The molecule has 0 bridgehead atoms. The summed E-state index contributed by atoms with van der Waals surface area (Å²) in [5.74, 6) is -0.971. The number of hydrogen-bond donors (Lipinski definition) is 2. The van der Waals surface area contributed by atoms with Gasteiger partial charge in [0.15, 0.2) is 0 Å². The third kappa shape index (κ3) is 5.51. The molecule has 0 aliphatic carbocycles. The van der Waals surface area contributed by atoms with Crippen molar-refractivity contribution in [1.29, 1.82) is 0 Å². The number of aryl methyl sites for hydroxylation is 1. The molecule has 0 radical (unpaired) electrons. The summed E-state index contributed by atoms with van der Waals surface area (Å²) in [7, 11) is 0. The number of amides is 1. The second-order valence-electron chi connectivity index (χ2n) is 7.87. The van der Waals surface area contributed by atoms with E-state index in [0.717, 1.165) is 15.4 Å². The molecule has 6 heteroatoms. The number of carboxylic acid groups (broad SMARTS) is 1. The Morgan fingerprint density at radius 3 is 2.28 bits per heavy atom. The van der Waals surface area contributed by atoms with Gasteiger partial charge in [0.1, 0.15) is 0 Å². The number of nitrogens with one attached hydrogen (secondary N) is 1. The lowest BCUT2D eigenvalue weighted by atomic mass is 9.87. The van der Waals surface area contributed by atoms with E-state index in [1.54, 1.807) is 6.20 Å². The van der Waals surface area contributed by atoms with Crippen molar-refractivity contribution in [3.63, 3.8) is 0 Å². The number of anilines is 1. The van der Waals surface area contributed by atoms with E-state index in [2.05, 4.69) is 31.1 Å². The zero-order valence-electron chi connectivity index (χ0n) is 16.7. The number of aromatic nitrogens is 1. The van der Waals surface area contributed by atoms with Crippen LogP contribution < -0.4 is 5.32 Å². The van der Waals surface area contributed by atoms with Crippen LogP contribution >= 0.6 is 11.3 Å². The standard InChI is InChI=1S/C23H24N2O3S/c1-23(2,3)17-8-4-16(5-9-17)22(28)25-18-10-6-15(7-11-18)19-14-24-20(29-19)12-13-21(26)27/h4-11,14H,12-13H2,1-3H3,(H,25,28)(H,26,27). The molecule has 3 rings (SSSR count). The number of nitrogens with zero attached hydrogens (tertiary/aromatic N) is 1. The fourth-order valence-electron chi connectivity index (χ4n) is 2.82. The minimum Gasteiger partial charge on any atom is -0.481 e. The quantitative estimate of drug-likeness (QED) is 0.574. The smallest absolute Gasteiger partial charge is 0.303 e. The van der Waals surface area contributed by atoms with Crippen LogP contribution in [-0.2, 0) is 16.6 Å². The van der Waals surface area contributed by atoms with Crippen LogP contribution in [0, 0.1) is 0 Å². The molecule has 5 nitrogen and oxygen atoms in total. The molecule has 29 heavy (non-hydrogen) atoms. The lowest BCUT2D eigenvalue weighted by Crippen LogP contribution is -2.14. The third-order valence-electron chi connectivity index (χ3n) is 4.55. The van der Waals surface area contributed by atoms with Gasteiger partial charge in [0.25, 0.3) is 5.91 Å². The van der Waals surface area contributed by atoms with Gasteiger partial charge in [-0.1, -0.05) is 45.0 Å². The van der Waals surface area contributed by atoms with E-state index in [4.69, 9.17) is 5.11 Å². The number of thiazole rings is 1. The molecule has 150 valence electrons. The molecular formula is C23H24N2O3S. The van der Waals surface area contributed by atoms with Gasteiger partial charge in [0.2, 0.25) is 0 Å². The minimum absolute atomic E-state index is 0.0506. The molecule has 1 heterocycles. The van der Waals surface area contributed by atoms with E-state index in [0.29, 0.717) is 17.7 Å². The van der Waals surface area contributed by atoms with E-state index < -0.39 is 5.97 Å². The largest absolute Gasteiger partial charge is 0.481 e. The molecule has 0 saturated carbocycles. The van der Waals surface area contributed by atoms with Crippen LogP contribution in [0.2, 0.25) is 0 Å². The number of aliphatic carboxylic acids is 1. The third-order valence-corrected chi connectivity index (χ3v) is 5.65. The van der Waals surface area contributed by atoms with Crippen molar-refractivity contribution in [2.45, 2.75) is 39.0 Å². The van der Waals surface area contributed by atoms with E-state index in [9.17, 15) is 9.59 Å². The monoisotopic (exact) mass is 408 g/mol. The van der Waals surface area contributed by atoms with Gasteiger partial charge in [-0.15, -0.1) is 11.3 Å². The van der Waals surface area contributed by atoms with Crippen molar-refractivity contribution < 1.29 is 14.7 Å². The van der Waals surface area contributed by atoms with Gasteiger partial charge in [0, 0.05) is 23.9 Å². The summed E-state index contributed by atoms with van der Waals surface area (Å²) in [6, 6.07) is 15.2. The molecule has 0 fully saturated rings. The summed E-state index contributed by atoms with van der Waals surface area (Å²) in [5.41, 5.74) is 3.55. The Bertz CT molecular complexity index is 1000. The molecule has 1 amide bonds. The summed E-state index contributed by atoms with van der Waals surface area (Å²) in [6.07, 6.45) is 2.27. The van der Waals surface area contributed by atoms with E-state index in [1.807, 2.05) is 48.5 Å². The maximum absolute atomic E-state index is 12.5. The molecule has 0 unspecified atom stereocenters. The molecule has 0 atom stereocenters.